The molecule has 0 atom stereocenters. The number of hydrogen-bond acceptors (Lipinski definition) is 4. The predicted molar refractivity (Wildman–Crippen MR) is 115 cm³/mol. The summed E-state index contributed by atoms with van der Waals surface area (Å²) in [5.74, 6) is 0.935. The second-order valence-electron chi connectivity index (χ2n) is 7.73. The maximum atomic E-state index is 13.3. The number of carbonyl (C=O) groups is 1. The van der Waals surface area contributed by atoms with E-state index >= 15 is 0 Å². The molecule has 1 amide bonds. The van der Waals surface area contributed by atoms with Crippen LogP contribution in [0, 0.1) is 0 Å². The molecule has 1 aliphatic rings. The number of aromatic nitrogens is 3. The van der Waals surface area contributed by atoms with Crippen molar-refractivity contribution in [2.24, 2.45) is 0 Å². The van der Waals surface area contributed by atoms with E-state index in [0.29, 0.717) is 26.2 Å². The summed E-state index contributed by atoms with van der Waals surface area (Å²) in [4.78, 5) is 28.4. The Kier molecular flexibility index (Phi) is 6.16. The smallest absolute Gasteiger partial charge is 0.353 e. The highest BCUT2D eigenvalue weighted by molar-refractivity contribution is 5.96. The van der Waals surface area contributed by atoms with E-state index in [0.717, 1.165) is 41.8 Å². The monoisotopic (exact) mass is 443 g/mol. The first-order chi connectivity index (χ1) is 15.4. The number of pyridine rings is 1. The molecule has 1 aliphatic heterocycles. The van der Waals surface area contributed by atoms with Crippen molar-refractivity contribution in [1.29, 1.82) is 0 Å². The maximum Gasteiger partial charge on any atom is 0.417 e. The molecule has 0 aliphatic carbocycles. The van der Waals surface area contributed by atoms with Crippen molar-refractivity contribution in [3.63, 3.8) is 0 Å². The minimum absolute atomic E-state index is 0.309. The quantitative estimate of drug-likeness (QED) is 0.635. The fourth-order valence-corrected chi connectivity index (χ4v) is 3.84. The number of carbonyl (C=O) groups excluding carboxylic acids is 1. The molecule has 3 heterocycles. The van der Waals surface area contributed by atoms with Gasteiger partial charge in [0, 0.05) is 49.8 Å². The summed E-state index contributed by atoms with van der Waals surface area (Å²) in [6.07, 6.45) is 0.996. The highest BCUT2D eigenvalue weighted by Crippen LogP contribution is 2.32. The number of imidazole rings is 1. The Hall–Kier alpha value is -3.36. The average molecular weight is 443 g/mol. The molecule has 3 aromatic rings. The fraction of sp³-hybridized carbons (Fsp3) is 0.348. The summed E-state index contributed by atoms with van der Waals surface area (Å²) in [7, 11) is 0. The molecule has 1 aromatic carbocycles. The van der Waals surface area contributed by atoms with Gasteiger partial charge in [0.25, 0.3) is 5.91 Å². The number of nitrogens with one attached hydrogen (secondary N) is 1. The Morgan fingerprint density at radius 1 is 1.03 bits per heavy atom. The van der Waals surface area contributed by atoms with Crippen molar-refractivity contribution in [2.45, 2.75) is 25.9 Å². The zero-order valence-corrected chi connectivity index (χ0v) is 17.7. The lowest BCUT2D eigenvalue weighted by Crippen LogP contribution is -2.49. The van der Waals surface area contributed by atoms with Crippen molar-refractivity contribution in [2.75, 3.05) is 31.1 Å². The van der Waals surface area contributed by atoms with Gasteiger partial charge < -0.3 is 14.8 Å². The molecule has 6 nitrogen and oxygen atoms in total. The Bertz CT molecular complexity index is 1070. The Balaban J connectivity index is 1.40. The van der Waals surface area contributed by atoms with E-state index in [1.165, 1.54) is 23.1 Å². The lowest BCUT2D eigenvalue weighted by molar-refractivity contribution is -0.138. The molecule has 1 fully saturated rings. The molecular weight excluding hydrogens is 419 g/mol. The number of hydrogen-bond donors (Lipinski definition) is 1. The standard InChI is InChI=1S/C23H24F3N5O/c1-2-5-17-15-28-21(29-17)16-8-9-20(27-14-16)30-10-12-31(13-11-30)22(32)18-6-3-4-7-19(18)23(24,25)26/h3-4,6-9,14-15H,2,5,10-13H2,1H3,(H,28,29). The third-order valence-electron chi connectivity index (χ3n) is 5.52. The van der Waals surface area contributed by atoms with Crippen LogP contribution in [0.3, 0.4) is 0 Å². The summed E-state index contributed by atoms with van der Waals surface area (Å²) in [6, 6.07) is 8.76. The molecule has 0 bridgehead atoms. The normalized spacial score (nSPS) is 14.6. The van der Waals surface area contributed by atoms with Gasteiger partial charge in [-0.1, -0.05) is 25.5 Å². The number of H-pyrrole nitrogens is 1. The summed E-state index contributed by atoms with van der Waals surface area (Å²) >= 11 is 0. The van der Waals surface area contributed by atoms with E-state index < -0.39 is 17.6 Å². The van der Waals surface area contributed by atoms with Crippen molar-refractivity contribution in [3.05, 3.63) is 65.6 Å². The lowest BCUT2D eigenvalue weighted by atomic mass is 10.1. The Morgan fingerprint density at radius 2 is 1.78 bits per heavy atom. The summed E-state index contributed by atoms with van der Waals surface area (Å²) in [5, 5.41) is 0. The van der Waals surface area contributed by atoms with Crippen LogP contribution >= 0.6 is 0 Å². The van der Waals surface area contributed by atoms with E-state index in [-0.39, 0.29) is 5.56 Å². The van der Waals surface area contributed by atoms with Gasteiger partial charge in [0.1, 0.15) is 11.6 Å². The number of amides is 1. The van der Waals surface area contributed by atoms with Gasteiger partial charge in [0.15, 0.2) is 0 Å². The van der Waals surface area contributed by atoms with Crippen molar-refractivity contribution in [3.8, 4) is 11.4 Å². The molecular formula is C23H24F3N5O. The first-order valence-corrected chi connectivity index (χ1v) is 10.6. The third kappa shape index (κ3) is 4.61. The molecule has 0 unspecified atom stereocenters. The number of nitrogens with zero attached hydrogens (tertiary/aromatic N) is 4. The number of piperazine rings is 1. The van der Waals surface area contributed by atoms with Crippen LogP contribution in [0.25, 0.3) is 11.4 Å². The largest absolute Gasteiger partial charge is 0.417 e. The molecule has 0 spiro atoms. The number of alkyl halides is 3. The minimum Gasteiger partial charge on any atom is -0.353 e. The van der Waals surface area contributed by atoms with Gasteiger partial charge in [-0.2, -0.15) is 13.2 Å². The molecule has 168 valence electrons. The number of rotatable bonds is 5. The predicted octanol–water partition coefficient (Wildman–Crippen LogP) is 4.41. The van der Waals surface area contributed by atoms with Gasteiger partial charge in [-0.3, -0.25) is 4.79 Å². The summed E-state index contributed by atoms with van der Waals surface area (Å²) < 4.78 is 39.8. The van der Waals surface area contributed by atoms with Crippen LogP contribution in [0.4, 0.5) is 19.0 Å². The van der Waals surface area contributed by atoms with E-state index in [1.54, 1.807) is 6.20 Å². The van der Waals surface area contributed by atoms with Gasteiger partial charge in [0.05, 0.1) is 11.1 Å². The van der Waals surface area contributed by atoms with Crippen LogP contribution in [0.5, 0.6) is 0 Å². The molecule has 0 saturated carbocycles. The van der Waals surface area contributed by atoms with Crippen molar-refractivity contribution >= 4 is 11.7 Å². The van der Waals surface area contributed by atoms with Crippen LogP contribution < -0.4 is 4.90 Å². The summed E-state index contributed by atoms with van der Waals surface area (Å²) in [5.41, 5.74) is 0.759. The van der Waals surface area contributed by atoms with Crippen LogP contribution in [0.2, 0.25) is 0 Å². The van der Waals surface area contributed by atoms with E-state index in [9.17, 15) is 18.0 Å². The maximum absolute atomic E-state index is 13.3. The fourth-order valence-electron chi connectivity index (χ4n) is 3.84. The van der Waals surface area contributed by atoms with Crippen LogP contribution in [0.1, 0.15) is 35.0 Å². The summed E-state index contributed by atoms with van der Waals surface area (Å²) in [6.45, 7) is 3.75. The molecule has 4 rings (SSSR count). The van der Waals surface area contributed by atoms with Gasteiger partial charge in [-0.05, 0) is 30.7 Å². The number of halogens is 3. The molecule has 1 N–H and O–H groups in total. The first kappa shape index (κ1) is 21.9. The van der Waals surface area contributed by atoms with Crippen LogP contribution in [-0.4, -0.2) is 51.9 Å². The topological polar surface area (TPSA) is 65.1 Å². The van der Waals surface area contributed by atoms with E-state index in [1.807, 2.05) is 23.2 Å². The van der Waals surface area contributed by atoms with Gasteiger partial charge in [-0.25, -0.2) is 9.97 Å². The number of anilines is 1. The second kappa shape index (κ2) is 9.02. The molecule has 2 aromatic heterocycles. The number of benzene rings is 1. The molecule has 0 radical (unpaired) electrons. The van der Waals surface area contributed by atoms with Gasteiger partial charge in [0.2, 0.25) is 0 Å². The highest BCUT2D eigenvalue weighted by Gasteiger charge is 2.36. The number of aryl methyl sites for hydroxylation is 1. The Labute approximate surface area is 184 Å². The minimum atomic E-state index is -4.56. The molecule has 32 heavy (non-hydrogen) atoms. The second-order valence-corrected chi connectivity index (χ2v) is 7.73. The van der Waals surface area contributed by atoms with Crippen molar-refractivity contribution < 1.29 is 18.0 Å². The SMILES string of the molecule is CCCc1cnc(-c2ccc(N3CCN(C(=O)c4ccccc4C(F)(F)F)CC3)nc2)[nH]1. The zero-order chi connectivity index (χ0) is 22.7. The average Bonchev–Trinajstić information content (AvgIpc) is 3.27. The zero-order valence-electron chi connectivity index (χ0n) is 17.7. The molecule has 1 saturated heterocycles. The van der Waals surface area contributed by atoms with Crippen LogP contribution in [0.15, 0.2) is 48.8 Å². The third-order valence-corrected chi connectivity index (χ3v) is 5.52. The van der Waals surface area contributed by atoms with E-state index in [4.69, 9.17) is 0 Å². The first-order valence-electron chi connectivity index (χ1n) is 10.6. The molecule has 9 heteroatoms. The van der Waals surface area contributed by atoms with E-state index in [2.05, 4.69) is 21.9 Å². The van der Waals surface area contributed by atoms with Crippen LogP contribution in [-0.2, 0) is 12.6 Å². The lowest BCUT2D eigenvalue weighted by Gasteiger charge is -2.35. The Morgan fingerprint density at radius 3 is 2.44 bits per heavy atom. The number of aromatic amines is 1. The highest BCUT2D eigenvalue weighted by atomic mass is 19.4. The van der Waals surface area contributed by atoms with Gasteiger partial charge in [-0.15, -0.1) is 0 Å². The van der Waals surface area contributed by atoms with Crippen molar-refractivity contribution in [1.82, 2.24) is 19.9 Å². The van der Waals surface area contributed by atoms with Gasteiger partial charge >= 0.3 is 6.18 Å².